The van der Waals surface area contributed by atoms with E-state index in [9.17, 15) is 18.8 Å². The van der Waals surface area contributed by atoms with Crippen LogP contribution in [0.4, 0.5) is 4.39 Å². The largest absolute Gasteiger partial charge is 0.495 e. The van der Waals surface area contributed by atoms with Gasteiger partial charge < -0.3 is 15.2 Å². The normalized spacial score (nSPS) is 12.1. The maximum Gasteiger partial charge on any atom is 0.331 e. The van der Waals surface area contributed by atoms with E-state index < -0.39 is 23.0 Å². The molecule has 0 saturated carbocycles. The van der Waals surface area contributed by atoms with E-state index in [-0.39, 0.29) is 42.1 Å². The van der Waals surface area contributed by atoms with Gasteiger partial charge in [-0.3, -0.25) is 18.7 Å². The van der Waals surface area contributed by atoms with Crippen molar-refractivity contribution in [3.63, 3.8) is 0 Å². The van der Waals surface area contributed by atoms with Gasteiger partial charge in [0.1, 0.15) is 11.6 Å². The summed E-state index contributed by atoms with van der Waals surface area (Å²) in [4.78, 5) is 38.4. The maximum absolute atomic E-state index is 14.7. The lowest BCUT2D eigenvalue weighted by molar-refractivity contribution is -0.137. The van der Waals surface area contributed by atoms with Crippen molar-refractivity contribution in [3.05, 3.63) is 85.4 Å². The van der Waals surface area contributed by atoms with Crippen molar-refractivity contribution in [3.8, 4) is 16.9 Å². The van der Waals surface area contributed by atoms with Crippen molar-refractivity contribution in [2.24, 2.45) is 5.92 Å². The highest BCUT2D eigenvalue weighted by Crippen LogP contribution is 2.33. The molecule has 1 aromatic heterocycles. The van der Waals surface area contributed by atoms with Crippen molar-refractivity contribution in [2.75, 3.05) is 13.7 Å². The van der Waals surface area contributed by atoms with E-state index >= 15 is 0 Å². The van der Waals surface area contributed by atoms with Crippen molar-refractivity contribution >= 4 is 17.6 Å². The van der Waals surface area contributed by atoms with Gasteiger partial charge in [0.25, 0.3) is 5.56 Å². The zero-order valence-corrected chi connectivity index (χ0v) is 23.4. The lowest BCUT2D eigenvalue weighted by Crippen LogP contribution is -2.46. The second-order valence-corrected chi connectivity index (χ2v) is 10.4. The van der Waals surface area contributed by atoms with Crippen molar-refractivity contribution in [2.45, 2.75) is 59.2 Å². The standard InChI is InChI=1S/C29H35ClFN3O5/c1-18(2)14-20(32-13-7-12-26(35)36)15-34-28(37)23(21-9-6-11-25(39-4)27(21)30)17-33(29(34)38)16-22-19(3)8-5-10-24(22)31/h5-6,8-11,17-18,20,32H,7,12-16H2,1-4H3,(H,35,36). The molecule has 210 valence electrons. The molecule has 3 aromatic rings. The maximum atomic E-state index is 14.7. The van der Waals surface area contributed by atoms with Crippen molar-refractivity contribution < 1.29 is 19.0 Å². The summed E-state index contributed by atoms with van der Waals surface area (Å²) in [7, 11) is 1.47. The number of methoxy groups -OCH3 is 1. The first-order valence-electron chi connectivity index (χ1n) is 12.9. The molecule has 0 aliphatic heterocycles. The monoisotopic (exact) mass is 559 g/mol. The summed E-state index contributed by atoms with van der Waals surface area (Å²) in [5.41, 5.74) is 0.492. The summed E-state index contributed by atoms with van der Waals surface area (Å²) in [5, 5.41) is 12.5. The average Bonchev–Trinajstić information content (AvgIpc) is 2.87. The first-order chi connectivity index (χ1) is 18.5. The molecule has 2 N–H and O–H groups in total. The van der Waals surface area contributed by atoms with Crippen LogP contribution in [0.2, 0.25) is 5.02 Å². The van der Waals surface area contributed by atoms with Crippen LogP contribution in [0.25, 0.3) is 11.1 Å². The predicted octanol–water partition coefficient (Wildman–Crippen LogP) is 4.70. The van der Waals surface area contributed by atoms with Crippen LogP contribution in [0.3, 0.4) is 0 Å². The van der Waals surface area contributed by atoms with Crippen LogP contribution in [0.15, 0.2) is 52.2 Å². The number of aromatic nitrogens is 2. The quantitative estimate of drug-likeness (QED) is 0.294. The van der Waals surface area contributed by atoms with Gasteiger partial charge in [0, 0.05) is 36.3 Å². The van der Waals surface area contributed by atoms with Crippen LogP contribution >= 0.6 is 11.6 Å². The molecule has 0 radical (unpaired) electrons. The Morgan fingerprint density at radius 3 is 2.51 bits per heavy atom. The van der Waals surface area contributed by atoms with E-state index in [0.29, 0.717) is 41.8 Å². The highest BCUT2D eigenvalue weighted by Gasteiger charge is 2.21. The minimum atomic E-state index is -0.886. The van der Waals surface area contributed by atoms with Gasteiger partial charge in [-0.2, -0.15) is 0 Å². The highest BCUT2D eigenvalue weighted by molar-refractivity contribution is 6.34. The Morgan fingerprint density at radius 2 is 1.87 bits per heavy atom. The van der Waals surface area contributed by atoms with E-state index in [4.69, 9.17) is 21.4 Å². The molecular formula is C29H35ClFN3O5. The molecule has 0 aliphatic carbocycles. The molecule has 8 nitrogen and oxygen atoms in total. The summed E-state index contributed by atoms with van der Waals surface area (Å²) < 4.78 is 22.6. The number of aliphatic carboxylic acids is 1. The van der Waals surface area contributed by atoms with E-state index in [0.717, 1.165) is 4.57 Å². The summed E-state index contributed by atoms with van der Waals surface area (Å²) in [6.45, 7) is 6.21. The molecule has 0 amide bonds. The first kappa shape index (κ1) is 30.1. The molecule has 0 bridgehead atoms. The number of carboxylic acids is 1. The lowest BCUT2D eigenvalue weighted by atomic mass is 10.0. The third-order valence-corrected chi connectivity index (χ3v) is 6.94. The van der Waals surface area contributed by atoms with Crippen LogP contribution in [0.5, 0.6) is 5.75 Å². The molecule has 3 rings (SSSR count). The van der Waals surface area contributed by atoms with E-state index in [1.165, 1.54) is 23.9 Å². The van der Waals surface area contributed by atoms with Crippen LogP contribution in [-0.2, 0) is 17.9 Å². The topological polar surface area (TPSA) is 103 Å². The second-order valence-electron chi connectivity index (χ2n) is 10.0. The minimum absolute atomic E-state index is 0.0139. The zero-order chi connectivity index (χ0) is 28.7. The second kappa shape index (κ2) is 13.6. The van der Waals surface area contributed by atoms with E-state index in [1.54, 1.807) is 37.3 Å². The van der Waals surface area contributed by atoms with E-state index in [2.05, 4.69) is 5.32 Å². The number of hydrogen-bond acceptors (Lipinski definition) is 5. The third-order valence-electron chi connectivity index (χ3n) is 6.55. The molecule has 0 aliphatic rings. The Labute approximate surface area is 232 Å². The van der Waals surface area contributed by atoms with Crippen molar-refractivity contribution in [1.29, 1.82) is 0 Å². The summed E-state index contributed by atoms with van der Waals surface area (Å²) in [6.07, 6.45) is 2.50. The molecule has 0 saturated heterocycles. The molecule has 0 spiro atoms. The summed E-state index contributed by atoms with van der Waals surface area (Å²) >= 11 is 6.57. The van der Waals surface area contributed by atoms with Gasteiger partial charge >= 0.3 is 11.7 Å². The number of hydrogen-bond donors (Lipinski definition) is 2. The Bertz CT molecular complexity index is 1410. The SMILES string of the molecule is COc1cccc(-c2cn(Cc3c(C)cccc3F)c(=O)n(CC(CC(C)C)NCCCC(=O)O)c2=O)c1Cl. The van der Waals surface area contributed by atoms with Gasteiger partial charge in [-0.15, -0.1) is 0 Å². The molecule has 39 heavy (non-hydrogen) atoms. The van der Waals surface area contributed by atoms with Gasteiger partial charge in [-0.1, -0.05) is 49.7 Å². The van der Waals surface area contributed by atoms with E-state index in [1.807, 2.05) is 13.8 Å². The number of carboxylic acid groups (broad SMARTS) is 1. The van der Waals surface area contributed by atoms with Gasteiger partial charge in [0.15, 0.2) is 0 Å². The van der Waals surface area contributed by atoms with Crippen LogP contribution in [0.1, 0.15) is 44.2 Å². The molecule has 2 aromatic carbocycles. The Morgan fingerprint density at radius 1 is 1.15 bits per heavy atom. The first-order valence-corrected chi connectivity index (χ1v) is 13.3. The molecular weight excluding hydrogens is 525 g/mol. The predicted molar refractivity (Wildman–Crippen MR) is 150 cm³/mol. The molecule has 10 heteroatoms. The van der Waals surface area contributed by atoms with Crippen LogP contribution in [-0.4, -0.2) is 39.9 Å². The number of halogens is 2. The average molecular weight is 560 g/mol. The third kappa shape index (κ3) is 7.58. The Hall–Kier alpha value is -3.43. The fourth-order valence-electron chi connectivity index (χ4n) is 4.58. The van der Waals surface area contributed by atoms with Gasteiger partial charge in [-0.25, -0.2) is 9.18 Å². The van der Waals surface area contributed by atoms with Crippen LogP contribution in [0, 0.1) is 18.7 Å². The highest BCUT2D eigenvalue weighted by atomic mass is 35.5. The number of ether oxygens (including phenoxy) is 1. The molecule has 0 fully saturated rings. The Kier molecular flexibility index (Phi) is 10.5. The number of rotatable bonds is 13. The lowest BCUT2D eigenvalue weighted by Gasteiger charge is -2.23. The zero-order valence-electron chi connectivity index (χ0n) is 22.7. The number of carbonyl (C=O) groups is 1. The van der Waals surface area contributed by atoms with Gasteiger partial charge in [-0.05, 0) is 49.9 Å². The smallest absolute Gasteiger partial charge is 0.331 e. The van der Waals surface area contributed by atoms with Crippen molar-refractivity contribution in [1.82, 2.24) is 14.5 Å². The minimum Gasteiger partial charge on any atom is -0.495 e. The Balaban J connectivity index is 2.14. The molecule has 1 atom stereocenters. The number of nitrogens with one attached hydrogen (secondary N) is 1. The fourth-order valence-corrected chi connectivity index (χ4v) is 4.89. The summed E-state index contributed by atoms with van der Waals surface area (Å²) in [6, 6.07) is 9.47. The molecule has 1 unspecified atom stereocenters. The van der Waals surface area contributed by atoms with Gasteiger partial charge in [0.2, 0.25) is 0 Å². The van der Waals surface area contributed by atoms with Gasteiger partial charge in [0.05, 0.1) is 24.2 Å². The molecule has 1 heterocycles. The summed E-state index contributed by atoms with van der Waals surface area (Å²) in [5.74, 6) is -0.710. The van der Waals surface area contributed by atoms with Crippen LogP contribution < -0.4 is 21.3 Å². The number of nitrogens with zero attached hydrogens (tertiary/aromatic N) is 2. The number of benzene rings is 2. The fraction of sp³-hybridized carbons (Fsp3) is 0.414. The number of aryl methyl sites for hydroxylation is 1.